The molecule has 0 fully saturated rings. The lowest BCUT2D eigenvalue weighted by atomic mass is 10.1. The van der Waals surface area contributed by atoms with Gasteiger partial charge in [-0.15, -0.1) is 0 Å². The molecule has 0 atom stereocenters. The molecule has 14 heavy (non-hydrogen) atoms. The second-order valence-electron chi connectivity index (χ2n) is 3.82. The molecule has 0 saturated heterocycles. The maximum Gasteiger partial charge on any atom is 0.0728 e. The van der Waals surface area contributed by atoms with Gasteiger partial charge in [0.15, 0.2) is 0 Å². The Morgan fingerprint density at radius 1 is 1.36 bits per heavy atom. The highest BCUT2D eigenvalue weighted by atomic mass is 15.3. The van der Waals surface area contributed by atoms with E-state index in [0.29, 0.717) is 6.04 Å². The van der Waals surface area contributed by atoms with Crippen LogP contribution in [-0.4, -0.2) is 15.8 Å². The summed E-state index contributed by atoms with van der Waals surface area (Å²) in [5, 5.41) is 7.66. The van der Waals surface area contributed by atoms with E-state index in [-0.39, 0.29) is 0 Å². The fraction of sp³-hybridized carbons (Fsp3) is 0.727. The van der Waals surface area contributed by atoms with Gasteiger partial charge in [-0.1, -0.05) is 26.7 Å². The van der Waals surface area contributed by atoms with Crippen LogP contribution in [0.1, 0.15) is 39.5 Å². The van der Waals surface area contributed by atoms with E-state index in [2.05, 4.69) is 24.3 Å². The largest absolute Gasteiger partial charge is 0.380 e. The molecule has 0 saturated carbocycles. The first-order valence-electron chi connectivity index (χ1n) is 5.51. The van der Waals surface area contributed by atoms with E-state index in [4.69, 9.17) is 0 Å². The highest BCUT2D eigenvalue weighted by Gasteiger charge is 2.06. The van der Waals surface area contributed by atoms with Crippen LogP contribution in [0.5, 0.6) is 0 Å². The molecular weight excluding hydrogens is 174 g/mol. The summed E-state index contributed by atoms with van der Waals surface area (Å²) in [6, 6.07) is 0.606. The van der Waals surface area contributed by atoms with Gasteiger partial charge in [0.1, 0.15) is 0 Å². The smallest absolute Gasteiger partial charge is 0.0728 e. The summed E-state index contributed by atoms with van der Waals surface area (Å²) in [6.07, 6.45) is 8.86. The van der Waals surface area contributed by atoms with Gasteiger partial charge in [0.05, 0.1) is 11.9 Å². The van der Waals surface area contributed by atoms with Gasteiger partial charge in [0.25, 0.3) is 0 Å². The lowest BCUT2D eigenvalue weighted by Gasteiger charge is -2.16. The molecule has 0 bridgehead atoms. The van der Waals surface area contributed by atoms with Gasteiger partial charge in [0.2, 0.25) is 0 Å². The van der Waals surface area contributed by atoms with E-state index < -0.39 is 0 Å². The molecule has 0 aliphatic heterocycles. The Morgan fingerprint density at radius 3 is 2.43 bits per heavy atom. The minimum Gasteiger partial charge on any atom is -0.380 e. The molecular formula is C11H21N3. The highest BCUT2D eigenvalue weighted by molar-refractivity contribution is 5.39. The molecule has 3 nitrogen and oxygen atoms in total. The van der Waals surface area contributed by atoms with Crippen molar-refractivity contribution in [1.82, 2.24) is 9.78 Å². The molecule has 1 aromatic heterocycles. The predicted octanol–water partition coefficient (Wildman–Crippen LogP) is 2.80. The van der Waals surface area contributed by atoms with E-state index in [0.717, 1.165) is 5.69 Å². The Labute approximate surface area is 86.5 Å². The van der Waals surface area contributed by atoms with Crippen molar-refractivity contribution in [2.75, 3.05) is 5.32 Å². The number of aryl methyl sites for hydroxylation is 1. The number of nitrogens with zero attached hydrogens (tertiary/aromatic N) is 2. The second-order valence-corrected chi connectivity index (χ2v) is 3.82. The van der Waals surface area contributed by atoms with Crippen molar-refractivity contribution >= 4 is 5.69 Å². The Kier molecular flexibility index (Phi) is 4.50. The van der Waals surface area contributed by atoms with E-state index in [1.807, 2.05) is 24.1 Å². The molecule has 80 valence electrons. The molecule has 0 aromatic carbocycles. The van der Waals surface area contributed by atoms with Gasteiger partial charge >= 0.3 is 0 Å². The number of anilines is 1. The second kappa shape index (κ2) is 5.68. The molecule has 1 rings (SSSR count). The summed E-state index contributed by atoms with van der Waals surface area (Å²) in [5.41, 5.74) is 1.14. The minimum atomic E-state index is 0.606. The van der Waals surface area contributed by atoms with Crippen molar-refractivity contribution in [1.29, 1.82) is 0 Å². The average Bonchev–Trinajstić information content (AvgIpc) is 2.52. The van der Waals surface area contributed by atoms with Gasteiger partial charge in [0, 0.05) is 19.3 Å². The summed E-state index contributed by atoms with van der Waals surface area (Å²) in [5.74, 6) is 0. The summed E-state index contributed by atoms with van der Waals surface area (Å²) in [4.78, 5) is 0. The molecule has 0 spiro atoms. The fourth-order valence-electron chi connectivity index (χ4n) is 1.72. The topological polar surface area (TPSA) is 29.9 Å². The molecule has 0 unspecified atom stereocenters. The van der Waals surface area contributed by atoms with Crippen molar-refractivity contribution in [3.05, 3.63) is 12.4 Å². The third-order valence-electron chi connectivity index (χ3n) is 2.35. The quantitative estimate of drug-likeness (QED) is 0.756. The number of hydrogen-bond acceptors (Lipinski definition) is 2. The predicted molar refractivity (Wildman–Crippen MR) is 60.4 cm³/mol. The van der Waals surface area contributed by atoms with Crippen LogP contribution in [-0.2, 0) is 7.05 Å². The van der Waals surface area contributed by atoms with Crippen LogP contribution in [0.4, 0.5) is 5.69 Å². The Morgan fingerprint density at radius 2 is 2.00 bits per heavy atom. The molecule has 1 heterocycles. The lowest BCUT2D eigenvalue weighted by molar-refractivity contribution is 0.586. The zero-order valence-corrected chi connectivity index (χ0v) is 9.45. The zero-order chi connectivity index (χ0) is 10.4. The highest BCUT2D eigenvalue weighted by Crippen LogP contribution is 2.12. The molecule has 1 aromatic rings. The van der Waals surface area contributed by atoms with E-state index in [1.165, 1.54) is 25.7 Å². The van der Waals surface area contributed by atoms with Crippen molar-refractivity contribution in [3.63, 3.8) is 0 Å². The maximum atomic E-state index is 4.14. The number of rotatable bonds is 6. The van der Waals surface area contributed by atoms with Gasteiger partial charge in [-0.05, 0) is 12.8 Å². The fourth-order valence-corrected chi connectivity index (χ4v) is 1.72. The zero-order valence-electron chi connectivity index (χ0n) is 9.45. The summed E-state index contributed by atoms with van der Waals surface area (Å²) >= 11 is 0. The van der Waals surface area contributed by atoms with Gasteiger partial charge in [-0.3, -0.25) is 4.68 Å². The van der Waals surface area contributed by atoms with Crippen LogP contribution in [0.25, 0.3) is 0 Å². The lowest BCUT2D eigenvalue weighted by Crippen LogP contribution is -2.18. The van der Waals surface area contributed by atoms with E-state index >= 15 is 0 Å². The van der Waals surface area contributed by atoms with Crippen molar-refractivity contribution < 1.29 is 0 Å². The standard InChI is InChI=1S/C11H21N3/c1-4-6-10(7-5-2)13-11-8-12-14(3)9-11/h8-10,13H,4-7H2,1-3H3. The van der Waals surface area contributed by atoms with Crippen LogP contribution < -0.4 is 5.32 Å². The summed E-state index contributed by atoms with van der Waals surface area (Å²) in [7, 11) is 1.94. The van der Waals surface area contributed by atoms with Gasteiger partial charge < -0.3 is 5.32 Å². The normalized spacial score (nSPS) is 10.9. The molecule has 3 heteroatoms. The van der Waals surface area contributed by atoms with Crippen molar-refractivity contribution in [2.45, 2.75) is 45.6 Å². The van der Waals surface area contributed by atoms with Crippen LogP contribution in [0.15, 0.2) is 12.4 Å². The Hall–Kier alpha value is -0.990. The minimum absolute atomic E-state index is 0.606. The monoisotopic (exact) mass is 195 g/mol. The summed E-state index contributed by atoms with van der Waals surface area (Å²) < 4.78 is 1.83. The third kappa shape index (κ3) is 3.40. The van der Waals surface area contributed by atoms with E-state index in [9.17, 15) is 0 Å². The first-order valence-corrected chi connectivity index (χ1v) is 5.51. The van der Waals surface area contributed by atoms with Crippen LogP contribution in [0.2, 0.25) is 0 Å². The first-order chi connectivity index (χ1) is 6.76. The van der Waals surface area contributed by atoms with Crippen LogP contribution in [0.3, 0.4) is 0 Å². The molecule has 0 radical (unpaired) electrons. The summed E-state index contributed by atoms with van der Waals surface area (Å²) in [6.45, 7) is 4.46. The first kappa shape index (κ1) is 11.1. The van der Waals surface area contributed by atoms with Crippen LogP contribution >= 0.6 is 0 Å². The Balaban J connectivity index is 2.46. The van der Waals surface area contributed by atoms with Crippen LogP contribution in [0, 0.1) is 0 Å². The number of hydrogen-bond donors (Lipinski definition) is 1. The van der Waals surface area contributed by atoms with Crippen molar-refractivity contribution in [3.8, 4) is 0 Å². The van der Waals surface area contributed by atoms with Gasteiger partial charge in [-0.2, -0.15) is 5.10 Å². The Bertz CT molecular complexity index is 249. The number of nitrogens with one attached hydrogen (secondary N) is 1. The number of aromatic nitrogens is 2. The average molecular weight is 195 g/mol. The van der Waals surface area contributed by atoms with E-state index in [1.54, 1.807) is 0 Å². The molecule has 0 aliphatic rings. The third-order valence-corrected chi connectivity index (χ3v) is 2.35. The van der Waals surface area contributed by atoms with Crippen molar-refractivity contribution in [2.24, 2.45) is 7.05 Å². The molecule has 1 N–H and O–H groups in total. The SMILES string of the molecule is CCCC(CCC)Nc1cnn(C)c1. The maximum absolute atomic E-state index is 4.14. The molecule has 0 aliphatic carbocycles. The molecule has 0 amide bonds. The van der Waals surface area contributed by atoms with Gasteiger partial charge in [-0.25, -0.2) is 0 Å².